The molecule has 1 aliphatic carbocycles. The van der Waals surface area contributed by atoms with Gasteiger partial charge in [-0.2, -0.15) is 0 Å². The molecule has 1 fully saturated rings. The van der Waals surface area contributed by atoms with Crippen LogP contribution in [0.15, 0.2) is 83.8 Å². The number of nitrogens with zero attached hydrogens (tertiary/aromatic N) is 2. The van der Waals surface area contributed by atoms with Crippen LogP contribution in [0.25, 0.3) is 0 Å². The van der Waals surface area contributed by atoms with Crippen molar-refractivity contribution < 1.29 is 18.0 Å². The molecule has 0 spiro atoms. The molecular weight excluding hydrogens is 569 g/mol. The zero-order chi connectivity index (χ0) is 28.7. The summed E-state index contributed by atoms with van der Waals surface area (Å²) >= 11 is 12.3. The van der Waals surface area contributed by atoms with Gasteiger partial charge in [0.2, 0.25) is 11.8 Å². The topological polar surface area (TPSA) is 86.8 Å². The Bertz CT molecular complexity index is 1410. The lowest BCUT2D eigenvalue weighted by Gasteiger charge is -2.33. The first-order valence-electron chi connectivity index (χ1n) is 13.3. The lowest BCUT2D eigenvalue weighted by atomic mass is 9.95. The highest BCUT2D eigenvalue weighted by Crippen LogP contribution is 2.26. The van der Waals surface area contributed by atoms with Crippen LogP contribution in [0.1, 0.15) is 44.6 Å². The number of anilines is 1. The largest absolute Gasteiger partial charge is 0.352 e. The molecule has 1 N–H and O–H groups in total. The minimum absolute atomic E-state index is 0.0437. The van der Waals surface area contributed by atoms with Gasteiger partial charge in [0.15, 0.2) is 0 Å². The van der Waals surface area contributed by atoms with Crippen LogP contribution in [0, 0.1) is 0 Å². The zero-order valence-corrected chi connectivity index (χ0v) is 24.6. The van der Waals surface area contributed by atoms with Gasteiger partial charge in [0.25, 0.3) is 10.0 Å². The number of carbonyl (C=O) groups is 2. The summed E-state index contributed by atoms with van der Waals surface area (Å²) in [6.45, 7) is 1.23. The average molecular weight is 603 g/mol. The van der Waals surface area contributed by atoms with E-state index < -0.39 is 28.5 Å². The molecule has 10 heteroatoms. The van der Waals surface area contributed by atoms with Crippen LogP contribution in [0.3, 0.4) is 0 Å². The Morgan fingerprint density at radius 2 is 1.57 bits per heavy atom. The molecule has 4 rings (SSSR count). The molecule has 0 aliphatic heterocycles. The van der Waals surface area contributed by atoms with Gasteiger partial charge in [-0.1, -0.05) is 72.8 Å². The summed E-state index contributed by atoms with van der Waals surface area (Å²) < 4.78 is 28.6. The van der Waals surface area contributed by atoms with Crippen LogP contribution in [0.2, 0.25) is 10.0 Å². The van der Waals surface area contributed by atoms with E-state index in [0.717, 1.165) is 42.0 Å². The second kappa shape index (κ2) is 13.5. The molecule has 3 aromatic carbocycles. The van der Waals surface area contributed by atoms with E-state index in [9.17, 15) is 18.0 Å². The normalized spacial score (nSPS) is 14.8. The number of amides is 2. The number of nitrogens with one attached hydrogen (secondary N) is 1. The molecule has 2 amide bonds. The maximum atomic E-state index is 14.0. The number of hydrogen-bond donors (Lipinski definition) is 1. The third kappa shape index (κ3) is 7.56. The minimum Gasteiger partial charge on any atom is -0.352 e. The van der Waals surface area contributed by atoms with E-state index in [2.05, 4.69) is 5.32 Å². The zero-order valence-electron chi connectivity index (χ0n) is 22.3. The molecule has 7 nitrogen and oxygen atoms in total. The molecule has 1 saturated carbocycles. The van der Waals surface area contributed by atoms with Gasteiger partial charge in [-0.25, -0.2) is 8.42 Å². The van der Waals surface area contributed by atoms with E-state index in [-0.39, 0.29) is 29.1 Å². The summed E-state index contributed by atoms with van der Waals surface area (Å²) in [5.74, 6) is -0.799. The van der Waals surface area contributed by atoms with Gasteiger partial charge in [-0.05, 0) is 73.9 Å². The van der Waals surface area contributed by atoms with E-state index in [4.69, 9.17) is 23.2 Å². The van der Waals surface area contributed by atoms with Crippen molar-refractivity contribution in [2.24, 2.45) is 0 Å². The van der Waals surface area contributed by atoms with Gasteiger partial charge in [0.05, 0.1) is 10.6 Å². The number of sulfonamides is 1. The first-order chi connectivity index (χ1) is 19.1. The molecular formula is C30H33Cl2N3O4S. The first-order valence-corrected chi connectivity index (χ1v) is 15.5. The lowest BCUT2D eigenvalue weighted by molar-refractivity contribution is -0.139. The van der Waals surface area contributed by atoms with Crippen molar-refractivity contribution in [2.45, 2.75) is 62.6 Å². The standard InChI is InChI=1S/C30H33Cl2N3O4S/c1-22(30(37)33-26-11-4-2-5-12-26)34(20-23-9-8-10-25(32)19-23)29(36)21-35(27-17-15-24(31)16-18-27)40(38,39)28-13-6-3-7-14-28/h3,6-10,13-19,22,26H,2,4-5,11-12,20-21H2,1H3,(H,33,37)/t22-/m0/s1. The summed E-state index contributed by atoms with van der Waals surface area (Å²) in [6, 6.07) is 20.4. The van der Waals surface area contributed by atoms with E-state index >= 15 is 0 Å². The lowest BCUT2D eigenvalue weighted by Crippen LogP contribution is -2.53. The van der Waals surface area contributed by atoms with E-state index in [1.54, 1.807) is 67.6 Å². The van der Waals surface area contributed by atoms with Crippen LogP contribution in [-0.2, 0) is 26.2 Å². The number of rotatable bonds is 10. The quantitative estimate of drug-likeness (QED) is 0.306. The molecule has 3 aromatic rings. The van der Waals surface area contributed by atoms with Crippen molar-refractivity contribution in [1.29, 1.82) is 0 Å². The average Bonchev–Trinajstić information content (AvgIpc) is 2.95. The molecule has 1 atom stereocenters. The van der Waals surface area contributed by atoms with E-state index in [1.807, 2.05) is 6.07 Å². The Balaban J connectivity index is 1.66. The predicted molar refractivity (Wildman–Crippen MR) is 159 cm³/mol. The summed E-state index contributed by atoms with van der Waals surface area (Å²) in [7, 11) is -4.12. The van der Waals surface area contributed by atoms with Crippen molar-refractivity contribution >= 4 is 50.7 Å². The fourth-order valence-corrected chi connectivity index (χ4v) is 6.61. The summed E-state index contributed by atoms with van der Waals surface area (Å²) in [5, 5.41) is 4.02. The number of halogens is 2. The molecule has 1 aliphatic rings. The van der Waals surface area contributed by atoms with Crippen LogP contribution in [0.5, 0.6) is 0 Å². The third-order valence-electron chi connectivity index (χ3n) is 7.09. The van der Waals surface area contributed by atoms with Gasteiger partial charge in [0.1, 0.15) is 12.6 Å². The highest BCUT2D eigenvalue weighted by molar-refractivity contribution is 7.92. The third-order valence-corrected chi connectivity index (χ3v) is 9.36. The Morgan fingerprint density at radius 1 is 0.900 bits per heavy atom. The van der Waals surface area contributed by atoms with Gasteiger partial charge < -0.3 is 10.2 Å². The Labute approximate surface area is 246 Å². The minimum atomic E-state index is -4.12. The number of hydrogen-bond acceptors (Lipinski definition) is 4. The second-order valence-corrected chi connectivity index (χ2v) is 12.7. The predicted octanol–water partition coefficient (Wildman–Crippen LogP) is 6.05. The Hall–Kier alpha value is -3.07. The molecule has 0 unspecified atom stereocenters. The number of benzene rings is 3. The van der Waals surface area contributed by atoms with Crippen LogP contribution < -0.4 is 9.62 Å². The Morgan fingerprint density at radius 3 is 2.23 bits per heavy atom. The summed E-state index contributed by atoms with van der Waals surface area (Å²) in [4.78, 5) is 28.8. The van der Waals surface area contributed by atoms with Gasteiger partial charge in [-0.3, -0.25) is 13.9 Å². The fraction of sp³-hybridized carbons (Fsp3) is 0.333. The van der Waals surface area contributed by atoms with Crippen molar-refractivity contribution in [2.75, 3.05) is 10.8 Å². The van der Waals surface area contributed by atoms with Crippen molar-refractivity contribution in [3.8, 4) is 0 Å². The summed E-state index contributed by atoms with van der Waals surface area (Å²) in [5.41, 5.74) is 1.01. The maximum Gasteiger partial charge on any atom is 0.264 e. The Kier molecular flexibility index (Phi) is 10.1. The van der Waals surface area contributed by atoms with Crippen LogP contribution >= 0.6 is 23.2 Å². The highest BCUT2D eigenvalue weighted by atomic mass is 35.5. The first kappa shape index (κ1) is 29.9. The second-order valence-electron chi connectivity index (χ2n) is 9.97. The van der Waals surface area contributed by atoms with Crippen molar-refractivity contribution in [3.05, 3.63) is 94.5 Å². The van der Waals surface area contributed by atoms with E-state index in [0.29, 0.717) is 10.0 Å². The number of carbonyl (C=O) groups excluding carboxylic acids is 2. The van der Waals surface area contributed by atoms with Gasteiger partial charge >= 0.3 is 0 Å². The molecule has 40 heavy (non-hydrogen) atoms. The fourth-order valence-electron chi connectivity index (χ4n) is 4.84. The van der Waals surface area contributed by atoms with Crippen molar-refractivity contribution in [3.63, 3.8) is 0 Å². The smallest absolute Gasteiger partial charge is 0.264 e. The SMILES string of the molecule is C[C@@H](C(=O)NC1CCCCC1)N(Cc1cccc(Cl)c1)C(=O)CN(c1ccc(Cl)cc1)S(=O)(=O)c1ccccc1. The molecule has 0 bridgehead atoms. The maximum absolute atomic E-state index is 14.0. The molecule has 0 heterocycles. The van der Waals surface area contributed by atoms with Gasteiger partial charge in [0, 0.05) is 22.6 Å². The van der Waals surface area contributed by atoms with Gasteiger partial charge in [-0.15, -0.1) is 0 Å². The molecule has 0 saturated heterocycles. The summed E-state index contributed by atoms with van der Waals surface area (Å²) in [6.07, 6.45) is 5.06. The van der Waals surface area contributed by atoms with Crippen LogP contribution in [-0.4, -0.2) is 43.8 Å². The molecule has 212 valence electrons. The highest BCUT2D eigenvalue weighted by Gasteiger charge is 2.33. The van der Waals surface area contributed by atoms with E-state index in [1.165, 1.54) is 17.0 Å². The molecule has 0 radical (unpaired) electrons. The monoisotopic (exact) mass is 601 g/mol. The van der Waals surface area contributed by atoms with Crippen LogP contribution in [0.4, 0.5) is 5.69 Å². The molecule has 0 aromatic heterocycles. The van der Waals surface area contributed by atoms with Crippen molar-refractivity contribution in [1.82, 2.24) is 10.2 Å².